The molecular formula is C23H40N6O2. The van der Waals surface area contributed by atoms with Crippen LogP contribution in [0.15, 0.2) is 23.3 Å². The van der Waals surface area contributed by atoms with Gasteiger partial charge in [-0.3, -0.25) is 0 Å². The Morgan fingerprint density at radius 3 is 2.87 bits per heavy atom. The van der Waals surface area contributed by atoms with E-state index in [9.17, 15) is 0 Å². The van der Waals surface area contributed by atoms with Gasteiger partial charge in [0.15, 0.2) is 5.96 Å². The van der Waals surface area contributed by atoms with Gasteiger partial charge in [0.25, 0.3) is 0 Å². The molecule has 174 valence electrons. The van der Waals surface area contributed by atoms with Crippen molar-refractivity contribution in [3.05, 3.63) is 23.9 Å². The molecule has 2 N–H and O–H groups in total. The van der Waals surface area contributed by atoms with Crippen LogP contribution in [-0.2, 0) is 16.0 Å². The van der Waals surface area contributed by atoms with Crippen LogP contribution in [0.1, 0.15) is 32.3 Å². The van der Waals surface area contributed by atoms with Gasteiger partial charge in [-0.1, -0.05) is 6.92 Å². The highest BCUT2D eigenvalue weighted by atomic mass is 16.5. The first kappa shape index (κ1) is 23.8. The van der Waals surface area contributed by atoms with Gasteiger partial charge in [-0.25, -0.2) is 9.98 Å². The Balaban J connectivity index is 1.40. The summed E-state index contributed by atoms with van der Waals surface area (Å²) >= 11 is 0. The predicted molar refractivity (Wildman–Crippen MR) is 126 cm³/mol. The van der Waals surface area contributed by atoms with Gasteiger partial charge in [-0.2, -0.15) is 0 Å². The first-order valence-corrected chi connectivity index (χ1v) is 11.9. The van der Waals surface area contributed by atoms with Gasteiger partial charge in [0.05, 0.1) is 19.8 Å². The lowest BCUT2D eigenvalue weighted by Crippen LogP contribution is -2.46. The van der Waals surface area contributed by atoms with Crippen molar-refractivity contribution >= 4 is 11.8 Å². The molecule has 1 unspecified atom stereocenters. The van der Waals surface area contributed by atoms with E-state index in [1.54, 1.807) is 0 Å². The molecule has 1 aromatic rings. The molecule has 0 saturated carbocycles. The molecular weight excluding hydrogens is 392 g/mol. The summed E-state index contributed by atoms with van der Waals surface area (Å²) in [5, 5.41) is 6.74. The van der Waals surface area contributed by atoms with Crippen LogP contribution in [0.5, 0.6) is 0 Å². The lowest BCUT2D eigenvalue weighted by atomic mass is 10.1. The van der Waals surface area contributed by atoms with E-state index in [0.717, 1.165) is 96.9 Å². The first-order valence-electron chi connectivity index (χ1n) is 11.9. The van der Waals surface area contributed by atoms with Crippen molar-refractivity contribution in [2.24, 2.45) is 10.9 Å². The van der Waals surface area contributed by atoms with E-state index in [1.807, 2.05) is 6.20 Å². The zero-order chi connectivity index (χ0) is 21.7. The normalized spacial score (nSPS) is 20.3. The second kappa shape index (κ2) is 13.5. The Bertz CT molecular complexity index is 657. The van der Waals surface area contributed by atoms with Gasteiger partial charge < -0.3 is 29.9 Å². The zero-order valence-electron chi connectivity index (χ0n) is 19.3. The molecule has 8 heteroatoms. The molecule has 3 rings (SSSR count). The van der Waals surface area contributed by atoms with E-state index in [0.29, 0.717) is 12.5 Å². The third kappa shape index (κ3) is 8.27. The minimum atomic E-state index is 0.576. The second-order valence-corrected chi connectivity index (χ2v) is 8.22. The largest absolute Gasteiger partial charge is 0.381 e. The molecule has 0 spiro atoms. The number of nitrogens with one attached hydrogen (secondary N) is 2. The smallest absolute Gasteiger partial charge is 0.191 e. The molecule has 2 fully saturated rings. The number of piperazine rings is 1. The van der Waals surface area contributed by atoms with Gasteiger partial charge in [0.1, 0.15) is 5.82 Å². The monoisotopic (exact) mass is 432 g/mol. The fraction of sp³-hybridized carbons (Fsp3) is 0.739. The van der Waals surface area contributed by atoms with E-state index in [2.05, 4.69) is 51.4 Å². The van der Waals surface area contributed by atoms with Crippen molar-refractivity contribution in [3.63, 3.8) is 0 Å². The van der Waals surface area contributed by atoms with Crippen molar-refractivity contribution in [1.82, 2.24) is 20.5 Å². The Labute approximate surface area is 187 Å². The van der Waals surface area contributed by atoms with Crippen LogP contribution in [0.4, 0.5) is 5.82 Å². The van der Waals surface area contributed by atoms with Crippen molar-refractivity contribution < 1.29 is 9.47 Å². The summed E-state index contributed by atoms with van der Waals surface area (Å²) in [6.07, 6.45) is 3.99. The van der Waals surface area contributed by atoms with Gasteiger partial charge in [0, 0.05) is 64.6 Å². The SMILES string of the molecule is CCNC(=NCc1ccnc(N2CCN(CC)CC2)c1)NCCCOCC1CCOC1. The number of aliphatic imine (C=N–C) groups is 1. The van der Waals surface area contributed by atoms with Crippen molar-refractivity contribution in [3.8, 4) is 0 Å². The molecule has 0 bridgehead atoms. The van der Waals surface area contributed by atoms with E-state index < -0.39 is 0 Å². The number of hydrogen-bond acceptors (Lipinski definition) is 6. The van der Waals surface area contributed by atoms with E-state index in [1.165, 1.54) is 5.56 Å². The Morgan fingerprint density at radius 1 is 1.26 bits per heavy atom. The highest BCUT2D eigenvalue weighted by Gasteiger charge is 2.17. The van der Waals surface area contributed by atoms with E-state index in [-0.39, 0.29) is 0 Å². The lowest BCUT2D eigenvalue weighted by Gasteiger charge is -2.34. The third-order valence-corrected chi connectivity index (χ3v) is 5.85. The van der Waals surface area contributed by atoms with Crippen LogP contribution >= 0.6 is 0 Å². The topological polar surface area (TPSA) is 74.3 Å². The number of ether oxygens (including phenoxy) is 2. The van der Waals surface area contributed by atoms with Crippen molar-refractivity contribution in [2.45, 2.75) is 33.2 Å². The quantitative estimate of drug-likeness (QED) is 0.313. The van der Waals surface area contributed by atoms with Crippen LogP contribution in [0, 0.1) is 5.92 Å². The number of anilines is 1. The first-order chi connectivity index (χ1) is 15.3. The van der Waals surface area contributed by atoms with Gasteiger partial charge in [0.2, 0.25) is 0 Å². The summed E-state index contributed by atoms with van der Waals surface area (Å²) in [4.78, 5) is 14.2. The number of aromatic nitrogens is 1. The number of rotatable bonds is 11. The predicted octanol–water partition coefficient (Wildman–Crippen LogP) is 1.72. The number of likely N-dealkylation sites (N-methyl/N-ethyl adjacent to an activating group) is 1. The van der Waals surface area contributed by atoms with Crippen LogP contribution in [-0.4, -0.2) is 88.1 Å². The molecule has 1 atom stereocenters. The summed E-state index contributed by atoms with van der Waals surface area (Å²) < 4.78 is 11.2. The van der Waals surface area contributed by atoms with Crippen LogP contribution < -0.4 is 15.5 Å². The van der Waals surface area contributed by atoms with Crippen molar-refractivity contribution in [2.75, 3.05) is 77.1 Å². The molecule has 3 heterocycles. The summed E-state index contributed by atoms with van der Waals surface area (Å²) in [7, 11) is 0. The Morgan fingerprint density at radius 2 is 2.13 bits per heavy atom. The van der Waals surface area contributed by atoms with Gasteiger partial charge in [-0.05, 0) is 44.0 Å². The molecule has 31 heavy (non-hydrogen) atoms. The summed E-state index contributed by atoms with van der Waals surface area (Å²) in [5.74, 6) is 2.49. The fourth-order valence-electron chi connectivity index (χ4n) is 3.88. The standard InChI is InChI=1S/C23H40N6O2/c1-3-24-23(26-8-5-14-30-18-21-7-15-31-19-21)27-17-20-6-9-25-22(16-20)29-12-10-28(4-2)11-13-29/h6,9,16,21H,3-5,7-8,10-15,17-19H2,1-2H3,(H2,24,26,27). The number of nitrogens with zero attached hydrogens (tertiary/aromatic N) is 4. The highest BCUT2D eigenvalue weighted by Crippen LogP contribution is 2.16. The fourth-order valence-corrected chi connectivity index (χ4v) is 3.88. The third-order valence-electron chi connectivity index (χ3n) is 5.85. The molecule has 0 amide bonds. The maximum atomic E-state index is 5.78. The maximum absolute atomic E-state index is 5.78. The summed E-state index contributed by atoms with van der Waals surface area (Å²) in [6.45, 7) is 15.3. The lowest BCUT2D eigenvalue weighted by molar-refractivity contribution is 0.0888. The minimum absolute atomic E-state index is 0.576. The van der Waals surface area contributed by atoms with E-state index >= 15 is 0 Å². The summed E-state index contributed by atoms with van der Waals surface area (Å²) in [6, 6.07) is 4.23. The maximum Gasteiger partial charge on any atom is 0.191 e. The zero-order valence-corrected chi connectivity index (χ0v) is 19.3. The molecule has 2 aliphatic heterocycles. The second-order valence-electron chi connectivity index (χ2n) is 8.22. The molecule has 2 aliphatic rings. The Kier molecular flexibility index (Phi) is 10.3. The molecule has 8 nitrogen and oxygen atoms in total. The molecule has 0 aromatic carbocycles. The van der Waals surface area contributed by atoms with Crippen LogP contribution in [0.25, 0.3) is 0 Å². The van der Waals surface area contributed by atoms with Crippen LogP contribution in [0.2, 0.25) is 0 Å². The Hall–Kier alpha value is -1.90. The average molecular weight is 433 g/mol. The average Bonchev–Trinajstić information content (AvgIpc) is 3.33. The van der Waals surface area contributed by atoms with Gasteiger partial charge in [-0.15, -0.1) is 0 Å². The van der Waals surface area contributed by atoms with Crippen LogP contribution in [0.3, 0.4) is 0 Å². The number of hydrogen-bond donors (Lipinski definition) is 2. The molecule has 0 aliphatic carbocycles. The molecule has 0 radical (unpaired) electrons. The van der Waals surface area contributed by atoms with E-state index in [4.69, 9.17) is 14.5 Å². The highest BCUT2D eigenvalue weighted by molar-refractivity contribution is 5.79. The van der Waals surface area contributed by atoms with Crippen molar-refractivity contribution in [1.29, 1.82) is 0 Å². The summed E-state index contributed by atoms with van der Waals surface area (Å²) in [5.41, 5.74) is 1.18. The minimum Gasteiger partial charge on any atom is -0.381 e. The van der Waals surface area contributed by atoms with Gasteiger partial charge >= 0.3 is 0 Å². The molecule has 1 aromatic heterocycles. The number of pyridine rings is 1. The molecule has 2 saturated heterocycles. The number of guanidine groups is 1.